The average molecular weight is 228 g/mol. The van der Waals surface area contributed by atoms with Gasteiger partial charge in [0.05, 0.1) is 0 Å². The minimum Gasteiger partial charge on any atom is -0.214 e. The minimum atomic E-state index is 0. The van der Waals surface area contributed by atoms with Crippen LogP contribution in [0, 0.1) is 20.8 Å². The Morgan fingerprint density at radius 3 is 1.86 bits per heavy atom. The number of hydrogen-bond acceptors (Lipinski definition) is 0. The molecule has 0 saturated heterocycles. The molecular weight excluding hydrogens is 212 g/mol. The van der Waals surface area contributed by atoms with E-state index < -0.39 is 0 Å². The Labute approximate surface area is 97.2 Å². The summed E-state index contributed by atoms with van der Waals surface area (Å²) in [7, 11) is 0. The van der Waals surface area contributed by atoms with E-state index in [9.17, 15) is 0 Å². The zero-order chi connectivity index (χ0) is 9.68. The molecule has 0 aliphatic heterocycles. The molecule has 0 unspecified atom stereocenters. The van der Waals surface area contributed by atoms with Crippen molar-refractivity contribution in [2.75, 3.05) is 0 Å². The van der Waals surface area contributed by atoms with Crippen molar-refractivity contribution in [3.8, 4) is 0 Å². The van der Waals surface area contributed by atoms with E-state index in [1.807, 2.05) is 30.3 Å². The van der Waals surface area contributed by atoms with Gasteiger partial charge in [0, 0.05) is 0 Å². The number of rotatable bonds is 0. The summed E-state index contributed by atoms with van der Waals surface area (Å²) in [6, 6.07) is 14.3. The molecule has 0 saturated carbocycles. The number of hydrogen-bond donors (Lipinski definition) is 0. The fourth-order valence-electron chi connectivity index (χ4n) is 1.13. The molecule has 2 aromatic carbocycles. The van der Waals surface area contributed by atoms with Gasteiger partial charge in [0.2, 0.25) is 0 Å². The normalized spacial score (nSPS) is 8.50. The largest absolute Gasteiger partial charge is 2.00 e. The van der Waals surface area contributed by atoms with Gasteiger partial charge in [-0.05, 0) is 0 Å². The summed E-state index contributed by atoms with van der Waals surface area (Å²) in [4.78, 5) is 0. The first-order chi connectivity index (χ1) is 6.22. The van der Waals surface area contributed by atoms with Crippen molar-refractivity contribution in [3.63, 3.8) is 0 Å². The van der Waals surface area contributed by atoms with Gasteiger partial charge in [-0.2, -0.15) is 41.0 Å². The fraction of sp³-hybridized carbons (Fsp3) is 0.231. The van der Waals surface area contributed by atoms with Crippen LogP contribution in [0.5, 0.6) is 0 Å². The molecule has 0 bridgehead atoms. The van der Waals surface area contributed by atoms with Gasteiger partial charge in [-0.3, -0.25) is 0 Å². The Kier molecular flexibility index (Phi) is 6.27. The second kappa shape index (κ2) is 6.64. The summed E-state index contributed by atoms with van der Waals surface area (Å²) in [5, 5.41) is 0. The van der Waals surface area contributed by atoms with Gasteiger partial charge in [0.15, 0.2) is 0 Å². The van der Waals surface area contributed by atoms with Crippen LogP contribution in [0.3, 0.4) is 0 Å². The predicted octanol–water partition coefficient (Wildman–Crippen LogP) is 3.73. The van der Waals surface area contributed by atoms with Crippen LogP contribution in [0.25, 0.3) is 0 Å². The predicted molar refractivity (Wildman–Crippen MR) is 58.3 cm³/mol. The molecule has 1 heteroatoms. The molecule has 0 radical (unpaired) electrons. The van der Waals surface area contributed by atoms with Crippen LogP contribution >= 0.6 is 0 Å². The zero-order valence-electron chi connectivity index (χ0n) is 8.90. The fourth-order valence-corrected chi connectivity index (χ4v) is 1.13. The topological polar surface area (TPSA) is 0 Å². The maximum atomic E-state index is 2.16. The Hall–Kier alpha value is -0.781. The first-order valence-corrected chi connectivity index (χ1v) is 4.58. The average Bonchev–Trinajstić information content (AvgIpc) is 2.75. The van der Waals surface area contributed by atoms with Crippen molar-refractivity contribution in [2.24, 2.45) is 0 Å². The molecule has 0 aliphatic carbocycles. The van der Waals surface area contributed by atoms with Crippen LogP contribution in [-0.2, 0) is 17.1 Å². The van der Waals surface area contributed by atoms with E-state index >= 15 is 0 Å². The van der Waals surface area contributed by atoms with Crippen molar-refractivity contribution in [1.29, 1.82) is 0 Å². The first kappa shape index (κ1) is 13.2. The van der Waals surface area contributed by atoms with Gasteiger partial charge in [-0.15, -0.1) is 0 Å². The molecule has 0 amide bonds. The van der Waals surface area contributed by atoms with E-state index in [0.29, 0.717) is 0 Å². The SMILES string of the molecule is Cc1cc[c-](C)c1C.[Fe+2].c1cc[cH-]c1. The van der Waals surface area contributed by atoms with Crippen LogP contribution in [0.2, 0.25) is 0 Å². The van der Waals surface area contributed by atoms with E-state index in [2.05, 4.69) is 32.9 Å². The molecule has 76 valence electrons. The maximum absolute atomic E-state index is 2.16. The molecule has 0 N–H and O–H groups in total. The third-order valence-corrected chi connectivity index (χ3v) is 2.32. The second-order valence-electron chi connectivity index (χ2n) is 3.29. The van der Waals surface area contributed by atoms with E-state index in [1.54, 1.807) is 0 Å². The molecule has 0 fully saturated rings. The molecule has 0 heterocycles. The van der Waals surface area contributed by atoms with Crippen LogP contribution in [0.1, 0.15) is 16.7 Å². The molecule has 14 heavy (non-hydrogen) atoms. The van der Waals surface area contributed by atoms with Gasteiger partial charge in [-0.25, -0.2) is 18.2 Å². The van der Waals surface area contributed by atoms with Crippen molar-refractivity contribution in [2.45, 2.75) is 20.8 Å². The Morgan fingerprint density at radius 2 is 1.71 bits per heavy atom. The van der Waals surface area contributed by atoms with Crippen LogP contribution in [0.4, 0.5) is 0 Å². The molecule has 2 rings (SSSR count). The van der Waals surface area contributed by atoms with Crippen molar-refractivity contribution < 1.29 is 17.1 Å². The molecule has 0 spiro atoms. The number of aryl methyl sites for hydroxylation is 2. The first-order valence-electron chi connectivity index (χ1n) is 4.58. The van der Waals surface area contributed by atoms with E-state index in [-0.39, 0.29) is 17.1 Å². The van der Waals surface area contributed by atoms with Gasteiger partial charge in [0.1, 0.15) is 0 Å². The van der Waals surface area contributed by atoms with Crippen molar-refractivity contribution >= 4 is 0 Å². The molecular formula is C13H16Fe. The monoisotopic (exact) mass is 228 g/mol. The maximum Gasteiger partial charge on any atom is 2.00 e. The van der Waals surface area contributed by atoms with Gasteiger partial charge >= 0.3 is 17.1 Å². The summed E-state index contributed by atoms with van der Waals surface area (Å²) in [6.45, 7) is 6.44. The van der Waals surface area contributed by atoms with Crippen LogP contribution in [-0.4, -0.2) is 0 Å². The van der Waals surface area contributed by atoms with Crippen molar-refractivity contribution in [1.82, 2.24) is 0 Å². The zero-order valence-corrected chi connectivity index (χ0v) is 10.00. The summed E-state index contributed by atoms with van der Waals surface area (Å²) >= 11 is 0. The van der Waals surface area contributed by atoms with Gasteiger partial charge in [-0.1, -0.05) is 20.8 Å². The quantitative estimate of drug-likeness (QED) is 0.476. The smallest absolute Gasteiger partial charge is 0.214 e. The van der Waals surface area contributed by atoms with Gasteiger partial charge < -0.3 is 0 Å². The molecule has 0 aliphatic rings. The summed E-state index contributed by atoms with van der Waals surface area (Å²) in [5.74, 6) is 0. The summed E-state index contributed by atoms with van der Waals surface area (Å²) < 4.78 is 0. The Balaban J connectivity index is 0.000000246. The molecule has 2 aromatic rings. The third kappa shape index (κ3) is 3.95. The second-order valence-corrected chi connectivity index (χ2v) is 3.29. The van der Waals surface area contributed by atoms with E-state index in [0.717, 1.165) is 0 Å². The van der Waals surface area contributed by atoms with Crippen molar-refractivity contribution in [3.05, 3.63) is 59.2 Å². The van der Waals surface area contributed by atoms with Crippen LogP contribution < -0.4 is 0 Å². The van der Waals surface area contributed by atoms with E-state index in [4.69, 9.17) is 0 Å². The minimum absolute atomic E-state index is 0. The molecule has 0 aromatic heterocycles. The van der Waals surface area contributed by atoms with Crippen LogP contribution in [0.15, 0.2) is 42.5 Å². The summed E-state index contributed by atoms with van der Waals surface area (Å²) in [6.07, 6.45) is 0. The third-order valence-electron chi connectivity index (χ3n) is 2.32. The Bertz CT molecular complexity index is 291. The molecule has 0 atom stereocenters. The standard InChI is InChI=1S/C8H11.C5H5.Fe/c1-6-4-5-7(2)8(6)3;1-2-4-5-3-1;/h4-5H,1-3H3;1-5H;/q2*-1;+2. The summed E-state index contributed by atoms with van der Waals surface area (Å²) in [5.41, 5.74) is 4.25. The van der Waals surface area contributed by atoms with Gasteiger partial charge in [0.25, 0.3) is 0 Å². The Morgan fingerprint density at radius 1 is 1.14 bits per heavy atom. The molecule has 0 nitrogen and oxygen atoms in total. The van der Waals surface area contributed by atoms with E-state index in [1.165, 1.54) is 16.7 Å².